The second kappa shape index (κ2) is 7.92. The molecule has 4 heteroatoms. The second-order valence-electron chi connectivity index (χ2n) is 9.30. The summed E-state index contributed by atoms with van der Waals surface area (Å²) in [6, 6.07) is 43.0. The number of rotatable bonds is 3. The molecule has 3 heterocycles. The zero-order valence-electron chi connectivity index (χ0n) is 19.9. The van der Waals surface area contributed by atoms with Gasteiger partial charge in [-0.15, -0.1) is 11.3 Å². The van der Waals surface area contributed by atoms with E-state index in [4.69, 9.17) is 4.98 Å². The number of benzene rings is 5. The molecule has 0 saturated heterocycles. The van der Waals surface area contributed by atoms with Crippen molar-refractivity contribution in [2.75, 3.05) is 0 Å². The molecule has 0 amide bonds. The summed E-state index contributed by atoms with van der Waals surface area (Å²) in [6.45, 7) is 0. The van der Waals surface area contributed by atoms with E-state index in [-0.39, 0.29) is 0 Å². The standard InChI is InChI=1S/C33H21N3S/c1-2-10-24(11-3-1)36-29-16-7-5-14-27(29)34-33(36)23-9-8-12-25(21-23)35-28-15-6-4-13-26(28)31-30(35)18-17-22-19-20-37-32(22)31/h1-21H. The second-order valence-corrected chi connectivity index (χ2v) is 10.2. The molecule has 0 aliphatic heterocycles. The van der Waals surface area contributed by atoms with E-state index in [1.165, 1.54) is 31.9 Å². The van der Waals surface area contributed by atoms with Crippen molar-refractivity contribution in [2.24, 2.45) is 0 Å². The predicted octanol–water partition coefficient (Wildman–Crippen LogP) is 9.00. The Kier molecular flexibility index (Phi) is 4.39. The van der Waals surface area contributed by atoms with Gasteiger partial charge in [-0.25, -0.2) is 4.98 Å². The van der Waals surface area contributed by atoms with Crippen molar-refractivity contribution in [1.29, 1.82) is 0 Å². The molecule has 5 aromatic carbocycles. The molecule has 0 N–H and O–H groups in total. The van der Waals surface area contributed by atoms with Crippen molar-refractivity contribution in [1.82, 2.24) is 14.1 Å². The third-order valence-electron chi connectivity index (χ3n) is 7.19. The van der Waals surface area contributed by atoms with Crippen LogP contribution in [0.15, 0.2) is 127 Å². The van der Waals surface area contributed by atoms with Gasteiger partial charge in [-0.3, -0.25) is 4.57 Å². The number of para-hydroxylation sites is 4. The highest BCUT2D eigenvalue weighted by molar-refractivity contribution is 7.18. The van der Waals surface area contributed by atoms with Crippen molar-refractivity contribution in [3.05, 3.63) is 127 Å². The van der Waals surface area contributed by atoms with Gasteiger partial charge in [-0.05, 0) is 65.4 Å². The summed E-state index contributed by atoms with van der Waals surface area (Å²) in [5, 5.41) is 6.09. The molecule has 8 rings (SSSR count). The third-order valence-corrected chi connectivity index (χ3v) is 8.14. The Morgan fingerprint density at radius 2 is 1.35 bits per heavy atom. The predicted molar refractivity (Wildman–Crippen MR) is 156 cm³/mol. The highest BCUT2D eigenvalue weighted by Crippen LogP contribution is 2.39. The highest BCUT2D eigenvalue weighted by Gasteiger charge is 2.18. The van der Waals surface area contributed by atoms with Crippen LogP contribution in [0.2, 0.25) is 0 Å². The summed E-state index contributed by atoms with van der Waals surface area (Å²) in [5.41, 5.74) is 7.85. The van der Waals surface area contributed by atoms with Crippen LogP contribution in [-0.4, -0.2) is 14.1 Å². The van der Waals surface area contributed by atoms with Gasteiger partial charge in [-0.1, -0.05) is 66.7 Å². The van der Waals surface area contributed by atoms with Gasteiger partial charge in [0.25, 0.3) is 0 Å². The van der Waals surface area contributed by atoms with Gasteiger partial charge in [0.05, 0.1) is 22.1 Å². The Morgan fingerprint density at radius 1 is 0.568 bits per heavy atom. The lowest BCUT2D eigenvalue weighted by atomic mass is 10.1. The molecule has 174 valence electrons. The maximum absolute atomic E-state index is 5.10. The smallest absolute Gasteiger partial charge is 0.145 e. The molecular weight excluding hydrogens is 470 g/mol. The molecule has 0 saturated carbocycles. The van der Waals surface area contributed by atoms with Gasteiger partial charge < -0.3 is 4.57 Å². The van der Waals surface area contributed by atoms with E-state index in [1.54, 1.807) is 0 Å². The topological polar surface area (TPSA) is 22.8 Å². The molecule has 0 atom stereocenters. The molecule has 0 unspecified atom stereocenters. The van der Waals surface area contributed by atoms with Crippen LogP contribution >= 0.6 is 11.3 Å². The first-order valence-electron chi connectivity index (χ1n) is 12.4. The maximum atomic E-state index is 5.10. The van der Waals surface area contributed by atoms with Gasteiger partial charge in [0, 0.05) is 32.4 Å². The van der Waals surface area contributed by atoms with Gasteiger partial charge >= 0.3 is 0 Å². The number of hydrogen-bond donors (Lipinski definition) is 0. The minimum absolute atomic E-state index is 0.940. The molecule has 0 bridgehead atoms. The lowest BCUT2D eigenvalue weighted by Gasteiger charge is -2.12. The normalized spacial score (nSPS) is 11.8. The average Bonchev–Trinajstić information content (AvgIpc) is 3.67. The van der Waals surface area contributed by atoms with Crippen LogP contribution in [0, 0.1) is 0 Å². The van der Waals surface area contributed by atoms with Crippen LogP contribution in [0.4, 0.5) is 0 Å². The van der Waals surface area contributed by atoms with Crippen molar-refractivity contribution in [3.63, 3.8) is 0 Å². The Morgan fingerprint density at radius 3 is 2.27 bits per heavy atom. The van der Waals surface area contributed by atoms with E-state index < -0.39 is 0 Å². The van der Waals surface area contributed by atoms with Crippen LogP contribution in [0.25, 0.3) is 65.7 Å². The first-order chi connectivity index (χ1) is 18.4. The molecule has 0 fully saturated rings. The maximum Gasteiger partial charge on any atom is 0.145 e. The van der Waals surface area contributed by atoms with Crippen LogP contribution in [0.5, 0.6) is 0 Å². The molecule has 0 aliphatic carbocycles. The fraction of sp³-hybridized carbons (Fsp3) is 0. The number of aromatic nitrogens is 3. The van der Waals surface area contributed by atoms with Crippen LogP contribution in [-0.2, 0) is 0 Å². The van der Waals surface area contributed by atoms with Crippen molar-refractivity contribution in [3.8, 4) is 22.8 Å². The van der Waals surface area contributed by atoms with E-state index in [9.17, 15) is 0 Å². The minimum atomic E-state index is 0.940. The number of nitrogens with zero attached hydrogens (tertiary/aromatic N) is 3. The van der Waals surface area contributed by atoms with Crippen molar-refractivity contribution >= 4 is 54.3 Å². The molecule has 0 aliphatic rings. The fourth-order valence-corrected chi connectivity index (χ4v) is 6.55. The molecule has 37 heavy (non-hydrogen) atoms. The molecule has 3 aromatic heterocycles. The first-order valence-corrected chi connectivity index (χ1v) is 13.3. The van der Waals surface area contributed by atoms with Gasteiger partial charge in [-0.2, -0.15) is 0 Å². The lowest BCUT2D eigenvalue weighted by molar-refractivity contribution is 1.10. The Hall–Kier alpha value is -4.67. The molecule has 3 nitrogen and oxygen atoms in total. The monoisotopic (exact) mass is 491 g/mol. The van der Waals surface area contributed by atoms with E-state index in [0.29, 0.717) is 0 Å². The Balaban J connectivity index is 1.41. The number of fused-ring (bicyclic) bond motifs is 6. The van der Waals surface area contributed by atoms with Gasteiger partial charge in [0.15, 0.2) is 0 Å². The SMILES string of the molecule is c1ccc(-n2c(-c3cccc(-n4c5ccccc5c5c6sccc6ccc54)c3)nc3ccccc32)cc1. The summed E-state index contributed by atoms with van der Waals surface area (Å²) in [5.74, 6) is 0.940. The van der Waals surface area contributed by atoms with Crippen LogP contribution < -0.4 is 0 Å². The highest BCUT2D eigenvalue weighted by atomic mass is 32.1. The third kappa shape index (κ3) is 3.03. The van der Waals surface area contributed by atoms with Crippen molar-refractivity contribution < 1.29 is 0 Å². The zero-order valence-corrected chi connectivity index (χ0v) is 20.7. The minimum Gasteiger partial charge on any atom is -0.309 e. The molecule has 0 radical (unpaired) electrons. The quantitative estimate of drug-likeness (QED) is 0.242. The summed E-state index contributed by atoms with van der Waals surface area (Å²) in [7, 11) is 0. The summed E-state index contributed by atoms with van der Waals surface area (Å²) >= 11 is 1.82. The number of thiophene rings is 1. The summed E-state index contributed by atoms with van der Waals surface area (Å²) < 4.78 is 5.99. The first kappa shape index (κ1) is 20.5. The van der Waals surface area contributed by atoms with Gasteiger partial charge in [0.1, 0.15) is 5.82 Å². The van der Waals surface area contributed by atoms with Crippen LogP contribution in [0.3, 0.4) is 0 Å². The lowest BCUT2D eigenvalue weighted by Crippen LogP contribution is -1.99. The zero-order chi connectivity index (χ0) is 24.3. The van der Waals surface area contributed by atoms with Gasteiger partial charge in [0.2, 0.25) is 0 Å². The Labute approximate surface area is 217 Å². The van der Waals surface area contributed by atoms with E-state index in [0.717, 1.165) is 33.8 Å². The molecule has 8 aromatic rings. The van der Waals surface area contributed by atoms with E-state index >= 15 is 0 Å². The van der Waals surface area contributed by atoms with E-state index in [1.807, 2.05) is 17.4 Å². The number of imidazole rings is 1. The Bertz CT molecular complexity index is 2090. The number of hydrogen-bond acceptors (Lipinski definition) is 2. The van der Waals surface area contributed by atoms with Crippen molar-refractivity contribution in [2.45, 2.75) is 0 Å². The largest absolute Gasteiger partial charge is 0.309 e. The van der Waals surface area contributed by atoms with Crippen LogP contribution in [0.1, 0.15) is 0 Å². The molecule has 0 spiro atoms. The van der Waals surface area contributed by atoms with E-state index in [2.05, 4.69) is 130 Å². The molecular formula is C33H21N3S. The summed E-state index contributed by atoms with van der Waals surface area (Å²) in [6.07, 6.45) is 0. The fourth-order valence-electron chi connectivity index (χ4n) is 5.60. The average molecular weight is 492 g/mol. The summed E-state index contributed by atoms with van der Waals surface area (Å²) in [4.78, 5) is 5.10.